The molecule has 3 amide bonds. The van der Waals surface area contributed by atoms with Crippen LogP contribution in [-0.2, 0) is 14.2 Å². The fourth-order valence-corrected chi connectivity index (χ4v) is 9.23. The molecular formula is C64H78Cl2N12O12. The van der Waals surface area contributed by atoms with Gasteiger partial charge in [0.25, 0.3) is 0 Å². The largest absolute Gasteiger partial charge is 0.493 e. The van der Waals surface area contributed by atoms with Crippen molar-refractivity contribution in [3.63, 3.8) is 0 Å². The predicted molar refractivity (Wildman–Crippen MR) is 337 cm³/mol. The molecule has 4 saturated heterocycles. The van der Waals surface area contributed by atoms with E-state index >= 15 is 0 Å². The topological polar surface area (TPSA) is 259 Å². The van der Waals surface area contributed by atoms with E-state index in [0.717, 1.165) is 35.9 Å². The van der Waals surface area contributed by atoms with Gasteiger partial charge in [0.15, 0.2) is 39.7 Å². The summed E-state index contributed by atoms with van der Waals surface area (Å²) in [6, 6.07) is 22.2. The van der Waals surface area contributed by atoms with Gasteiger partial charge in [0, 0.05) is 126 Å². The highest BCUT2D eigenvalue weighted by atomic mass is 35.5. The van der Waals surface area contributed by atoms with Crippen LogP contribution in [0.5, 0.6) is 52.1 Å². The first-order valence-corrected chi connectivity index (χ1v) is 29.3. The number of methoxy groups -OCH3 is 3. The maximum Gasteiger partial charge on any atom is 0.410 e. The Morgan fingerprint density at radius 3 is 0.922 bits per heavy atom. The maximum atomic E-state index is 12.1. The number of likely N-dealkylation sites (tertiary alicyclic amines) is 3. The summed E-state index contributed by atoms with van der Waals surface area (Å²) >= 11 is 5.96. The molecular weight excluding hydrogens is 1200 g/mol. The van der Waals surface area contributed by atoms with Crippen LogP contribution in [-0.4, -0.2) is 163 Å². The number of carbonyl (C=O) groups excluding carboxylic acids is 3. The van der Waals surface area contributed by atoms with Crippen LogP contribution in [0.2, 0.25) is 5.15 Å². The van der Waals surface area contributed by atoms with E-state index in [1.165, 1.54) is 0 Å². The molecule has 26 heteroatoms. The van der Waals surface area contributed by atoms with Crippen molar-refractivity contribution in [2.45, 2.75) is 103 Å². The lowest BCUT2D eigenvalue weighted by Gasteiger charge is -2.39. The van der Waals surface area contributed by atoms with Crippen molar-refractivity contribution in [3.8, 4) is 52.1 Å². The van der Waals surface area contributed by atoms with Crippen molar-refractivity contribution < 1.29 is 57.0 Å². The lowest BCUT2D eigenvalue weighted by molar-refractivity contribution is 0.00674. The summed E-state index contributed by atoms with van der Waals surface area (Å²) in [5, 5.41) is 3.63. The number of para-hydroxylation sites is 6. The van der Waals surface area contributed by atoms with Crippen LogP contribution in [0.15, 0.2) is 122 Å². The quantitative estimate of drug-likeness (QED) is 0.105. The molecule has 4 aliphatic heterocycles. The Labute approximate surface area is 535 Å². The zero-order chi connectivity index (χ0) is 63.9. The van der Waals surface area contributed by atoms with Crippen LogP contribution >= 0.6 is 24.0 Å². The van der Waals surface area contributed by atoms with Gasteiger partial charge in [0.2, 0.25) is 17.6 Å². The fraction of sp³-hybridized carbons (Fsp3) is 0.422. The van der Waals surface area contributed by atoms with Crippen LogP contribution in [0, 0.1) is 0 Å². The van der Waals surface area contributed by atoms with E-state index in [9.17, 15) is 14.4 Å². The van der Waals surface area contributed by atoms with E-state index in [4.69, 9.17) is 54.2 Å². The zero-order valence-electron chi connectivity index (χ0n) is 52.6. The summed E-state index contributed by atoms with van der Waals surface area (Å²) in [6.07, 6.45) is 12.0. The molecule has 4 aliphatic rings. The standard InChI is InChI=1S/2C19H23N3O4.C14H15N3O2.C12H16ClN3O2.ClH/c2*1-19(2,3)26-18(23)22-11-13(12-22)16-17(21-10-9-20-16)25-15-8-6-5-7-14(15)24-4;1-18-11-4-2-3-5-12(11)19-14-13(10-8-15-9-10)16-6-7-17-14;1-12(2,3)18-11(17)16-6-8(7-16)9-10(13)15-5-4-14-9;/h2*5-10,13H,11-12H2,1-4H3;2-7,10,15H,8-9H2,1H3;4-5,8H,6-7H2,1-3H3;1H. The Morgan fingerprint density at radius 2 is 0.656 bits per heavy atom. The van der Waals surface area contributed by atoms with E-state index in [2.05, 4.69) is 45.2 Å². The Bertz CT molecular complexity index is 3360. The highest BCUT2D eigenvalue weighted by Crippen LogP contribution is 2.39. The van der Waals surface area contributed by atoms with Crippen molar-refractivity contribution in [1.29, 1.82) is 0 Å². The molecule has 0 aliphatic carbocycles. The molecule has 0 unspecified atom stereocenters. The third-order valence-corrected chi connectivity index (χ3v) is 13.8. The highest BCUT2D eigenvalue weighted by Gasteiger charge is 2.40. The second-order valence-corrected chi connectivity index (χ2v) is 24.2. The van der Waals surface area contributed by atoms with Crippen LogP contribution in [0.4, 0.5) is 14.4 Å². The maximum absolute atomic E-state index is 12.1. The minimum atomic E-state index is -0.507. The average molecular weight is 1280 g/mol. The lowest BCUT2D eigenvalue weighted by atomic mass is 9.97. The van der Waals surface area contributed by atoms with E-state index in [1.807, 2.05) is 135 Å². The predicted octanol–water partition coefficient (Wildman–Crippen LogP) is 12.1. The number of amides is 3. The molecule has 4 fully saturated rings. The first-order chi connectivity index (χ1) is 42.5. The summed E-state index contributed by atoms with van der Waals surface area (Å²) in [7, 11) is 4.80. The Morgan fingerprint density at radius 1 is 0.400 bits per heavy atom. The molecule has 480 valence electrons. The van der Waals surface area contributed by atoms with Crippen LogP contribution in [0.3, 0.4) is 0 Å². The number of hydrogen-bond acceptors (Lipinski definition) is 21. The van der Waals surface area contributed by atoms with Crippen molar-refractivity contribution >= 4 is 42.3 Å². The smallest absolute Gasteiger partial charge is 0.410 e. The number of hydrogen-bond donors (Lipinski definition) is 1. The van der Waals surface area contributed by atoms with Crippen molar-refractivity contribution in [2.24, 2.45) is 0 Å². The number of rotatable bonds is 13. The second-order valence-electron chi connectivity index (χ2n) is 23.8. The molecule has 0 spiro atoms. The van der Waals surface area contributed by atoms with E-state index in [-0.39, 0.29) is 48.4 Å². The van der Waals surface area contributed by atoms with Crippen LogP contribution in [0.1, 0.15) is 109 Å². The molecule has 7 aromatic rings. The molecule has 90 heavy (non-hydrogen) atoms. The average Bonchev–Trinajstić information content (AvgIpc) is 1.91. The second kappa shape index (κ2) is 31.0. The number of ether oxygens (including phenoxy) is 9. The van der Waals surface area contributed by atoms with Gasteiger partial charge in [-0.2, -0.15) is 0 Å². The first-order valence-electron chi connectivity index (χ1n) is 29.0. The third-order valence-electron chi connectivity index (χ3n) is 13.5. The molecule has 0 atom stereocenters. The molecule has 0 radical (unpaired) electrons. The van der Waals surface area contributed by atoms with Gasteiger partial charge in [-0.3, -0.25) is 19.9 Å². The first kappa shape index (κ1) is 68.6. The van der Waals surface area contributed by atoms with Crippen molar-refractivity contribution in [2.75, 3.05) is 73.7 Å². The van der Waals surface area contributed by atoms with Crippen LogP contribution < -0.4 is 33.7 Å². The van der Waals surface area contributed by atoms with Crippen molar-refractivity contribution in [3.05, 3.63) is 150 Å². The van der Waals surface area contributed by atoms with E-state index in [0.29, 0.717) is 102 Å². The minimum Gasteiger partial charge on any atom is -0.493 e. The number of nitrogens with one attached hydrogen (secondary N) is 1. The number of halogens is 2. The molecule has 11 rings (SSSR count). The van der Waals surface area contributed by atoms with Crippen molar-refractivity contribution in [1.82, 2.24) is 59.9 Å². The van der Waals surface area contributed by atoms with Gasteiger partial charge in [-0.05, 0) is 98.7 Å². The Kier molecular flexibility index (Phi) is 23.7. The third kappa shape index (κ3) is 19.1. The van der Waals surface area contributed by atoms with Crippen LogP contribution in [0.25, 0.3) is 0 Å². The molecule has 4 aromatic heterocycles. The normalized spacial score (nSPS) is 14.8. The Hall–Kier alpha value is -8.87. The Balaban J connectivity index is 0.000000172. The van der Waals surface area contributed by atoms with Gasteiger partial charge in [0.05, 0.1) is 27.0 Å². The highest BCUT2D eigenvalue weighted by molar-refractivity contribution is 6.30. The SMILES string of the molecule is CC(C)(C)OC(=O)N1CC(c2nccnc2Cl)C1.COc1ccccc1Oc1nccnc1C1CN(C(=O)OC(C)(C)C)C1.COc1ccccc1Oc1nccnc1C1CN(C(=O)OC(C)(C)C)C1.COc1ccccc1Oc1nccnc1C1CNC1.Cl. The van der Waals surface area contributed by atoms with Gasteiger partial charge in [-0.25, -0.2) is 34.3 Å². The summed E-state index contributed by atoms with van der Waals surface area (Å²) in [4.78, 5) is 75.2. The fourth-order valence-electron chi connectivity index (χ4n) is 8.97. The number of aromatic nitrogens is 8. The molecule has 1 N–H and O–H groups in total. The summed E-state index contributed by atoms with van der Waals surface area (Å²) in [6.45, 7) is 21.7. The molecule has 0 bridgehead atoms. The van der Waals surface area contributed by atoms with Gasteiger partial charge in [0.1, 0.15) is 33.9 Å². The number of carbonyl (C=O) groups is 3. The van der Waals surface area contributed by atoms with Gasteiger partial charge >= 0.3 is 18.3 Å². The molecule has 8 heterocycles. The number of nitrogens with zero attached hydrogens (tertiary/aromatic N) is 11. The number of benzene rings is 3. The van der Waals surface area contributed by atoms with Gasteiger partial charge in [-0.1, -0.05) is 48.0 Å². The lowest BCUT2D eigenvalue weighted by Crippen LogP contribution is -2.50. The molecule has 24 nitrogen and oxygen atoms in total. The monoisotopic (exact) mass is 1280 g/mol. The summed E-state index contributed by atoms with van der Waals surface area (Å²) in [5.74, 6) is 5.75. The molecule has 0 saturated carbocycles. The van der Waals surface area contributed by atoms with Gasteiger partial charge < -0.3 is 62.6 Å². The summed E-state index contributed by atoms with van der Waals surface area (Å²) < 4.78 is 49.7. The zero-order valence-corrected chi connectivity index (χ0v) is 54.2. The molecule has 3 aromatic carbocycles. The van der Waals surface area contributed by atoms with Gasteiger partial charge in [-0.15, -0.1) is 12.4 Å². The van der Waals surface area contributed by atoms with E-state index in [1.54, 1.807) is 85.6 Å². The minimum absolute atomic E-state index is 0. The van der Waals surface area contributed by atoms with E-state index < -0.39 is 16.8 Å². The summed E-state index contributed by atoms with van der Waals surface area (Å²) in [5.41, 5.74) is 1.61.